The summed E-state index contributed by atoms with van der Waals surface area (Å²) in [5.41, 5.74) is 0.921. The lowest BCUT2D eigenvalue weighted by Gasteiger charge is -2.29. The number of pyridine rings is 2. The Morgan fingerprint density at radius 3 is 2.71 bits per heavy atom. The minimum atomic E-state index is -3.68. The van der Waals surface area contributed by atoms with Crippen LogP contribution in [0.25, 0.3) is 10.9 Å². The second-order valence-corrected chi connectivity index (χ2v) is 9.82. The molecule has 1 aliphatic rings. The van der Waals surface area contributed by atoms with Gasteiger partial charge in [0.25, 0.3) is 5.91 Å². The first-order valence-electron chi connectivity index (χ1n) is 10.2. The molecule has 162 valence electrons. The largest absolute Gasteiger partial charge is 0.348 e. The molecule has 2 N–H and O–H groups in total. The van der Waals surface area contributed by atoms with Gasteiger partial charge in [0.15, 0.2) is 0 Å². The smallest absolute Gasteiger partial charge is 0.252 e. The highest BCUT2D eigenvalue weighted by Crippen LogP contribution is 2.26. The molecular formula is C22H24N4O4S. The van der Waals surface area contributed by atoms with Crippen LogP contribution in [0, 0.1) is 5.92 Å². The molecule has 0 saturated carbocycles. The fourth-order valence-electron chi connectivity index (χ4n) is 3.74. The number of fused-ring (bicyclic) bond motifs is 1. The highest BCUT2D eigenvalue weighted by molar-refractivity contribution is 7.89. The van der Waals surface area contributed by atoms with Gasteiger partial charge >= 0.3 is 0 Å². The number of H-pyrrole nitrogens is 1. The lowest BCUT2D eigenvalue weighted by molar-refractivity contribution is 0.0952. The topological polar surface area (TPSA) is 112 Å². The van der Waals surface area contributed by atoms with Crippen molar-refractivity contribution in [2.45, 2.75) is 31.2 Å². The summed E-state index contributed by atoms with van der Waals surface area (Å²) in [6.45, 7) is 3.31. The number of rotatable bonds is 5. The van der Waals surface area contributed by atoms with Crippen LogP contribution in [-0.2, 0) is 16.6 Å². The highest BCUT2D eigenvalue weighted by Gasteiger charge is 2.28. The summed E-state index contributed by atoms with van der Waals surface area (Å²) in [5.74, 6) is 0.0459. The van der Waals surface area contributed by atoms with Gasteiger partial charge in [0.05, 0.1) is 10.5 Å². The monoisotopic (exact) mass is 440 g/mol. The van der Waals surface area contributed by atoms with Crippen molar-refractivity contribution in [2.24, 2.45) is 5.92 Å². The predicted molar refractivity (Wildman–Crippen MR) is 117 cm³/mol. The molecule has 31 heavy (non-hydrogen) atoms. The van der Waals surface area contributed by atoms with Gasteiger partial charge in [-0.25, -0.2) is 8.42 Å². The molecule has 0 spiro atoms. The number of aromatic nitrogens is 2. The summed E-state index contributed by atoms with van der Waals surface area (Å²) in [4.78, 5) is 31.7. The van der Waals surface area contributed by atoms with E-state index < -0.39 is 21.5 Å². The molecule has 3 aromatic rings. The maximum Gasteiger partial charge on any atom is 0.252 e. The zero-order chi connectivity index (χ0) is 22.0. The number of nitrogens with one attached hydrogen (secondary N) is 2. The predicted octanol–water partition coefficient (Wildman–Crippen LogP) is 2.27. The zero-order valence-electron chi connectivity index (χ0n) is 17.2. The lowest BCUT2D eigenvalue weighted by atomic mass is 10.0. The molecule has 0 unspecified atom stereocenters. The first kappa shape index (κ1) is 21.2. The van der Waals surface area contributed by atoms with Crippen molar-refractivity contribution in [3.8, 4) is 0 Å². The summed E-state index contributed by atoms with van der Waals surface area (Å²) in [6, 6.07) is 9.27. The quantitative estimate of drug-likeness (QED) is 0.632. The van der Waals surface area contributed by atoms with Crippen LogP contribution < -0.4 is 10.9 Å². The van der Waals surface area contributed by atoms with E-state index in [-0.39, 0.29) is 17.0 Å². The van der Waals surface area contributed by atoms with Crippen molar-refractivity contribution in [3.63, 3.8) is 0 Å². The Kier molecular flexibility index (Phi) is 5.88. The van der Waals surface area contributed by atoms with Gasteiger partial charge in [-0.3, -0.25) is 14.6 Å². The summed E-state index contributed by atoms with van der Waals surface area (Å²) in [6.07, 6.45) is 4.92. The summed E-state index contributed by atoms with van der Waals surface area (Å²) < 4.78 is 27.8. The van der Waals surface area contributed by atoms with Crippen LogP contribution in [0.1, 0.15) is 35.7 Å². The van der Waals surface area contributed by atoms with Crippen molar-refractivity contribution in [1.82, 2.24) is 19.6 Å². The molecule has 1 fully saturated rings. The van der Waals surface area contributed by atoms with Crippen LogP contribution in [0.4, 0.5) is 0 Å². The SMILES string of the molecule is CC1CCN(S(=O)(=O)c2ccc3[nH]c(=O)cc(C(=O)NCc4cccnc4)c3c2)CC1. The van der Waals surface area contributed by atoms with Crippen LogP contribution >= 0.6 is 0 Å². The van der Waals surface area contributed by atoms with Gasteiger partial charge in [-0.1, -0.05) is 13.0 Å². The maximum atomic E-state index is 13.1. The van der Waals surface area contributed by atoms with Crippen molar-refractivity contribution < 1.29 is 13.2 Å². The van der Waals surface area contributed by atoms with Crippen molar-refractivity contribution in [1.29, 1.82) is 0 Å². The molecule has 1 aliphatic heterocycles. The standard InChI is InChI=1S/C22H24N4O4S/c1-15-6-9-26(10-7-15)31(29,30)17-4-5-20-18(11-17)19(12-21(27)25-20)22(28)24-14-16-3-2-8-23-13-16/h2-5,8,11-13,15H,6-7,9-10,14H2,1H3,(H,24,28)(H,25,27). The number of hydrogen-bond acceptors (Lipinski definition) is 5. The van der Waals surface area contributed by atoms with Gasteiger partial charge in [-0.2, -0.15) is 4.31 Å². The van der Waals surface area contributed by atoms with E-state index in [1.165, 1.54) is 28.6 Å². The van der Waals surface area contributed by atoms with Gasteiger partial charge in [0, 0.05) is 49.0 Å². The first-order valence-corrected chi connectivity index (χ1v) is 11.6. The van der Waals surface area contributed by atoms with Gasteiger partial charge in [-0.15, -0.1) is 0 Å². The van der Waals surface area contributed by atoms with Crippen LogP contribution in [0.3, 0.4) is 0 Å². The third-order valence-corrected chi connectivity index (χ3v) is 7.51. The Balaban J connectivity index is 1.67. The number of sulfonamides is 1. The Hall–Kier alpha value is -3.04. The van der Waals surface area contributed by atoms with E-state index in [1.807, 2.05) is 6.07 Å². The first-order chi connectivity index (χ1) is 14.8. The normalized spacial score (nSPS) is 15.8. The average molecular weight is 441 g/mol. The summed E-state index contributed by atoms with van der Waals surface area (Å²) in [5, 5.41) is 3.15. The zero-order valence-corrected chi connectivity index (χ0v) is 18.0. The van der Waals surface area contributed by atoms with Gasteiger partial charge in [-0.05, 0) is 48.6 Å². The number of piperidine rings is 1. The van der Waals surface area contributed by atoms with Gasteiger partial charge in [0.2, 0.25) is 15.6 Å². The van der Waals surface area contributed by atoms with E-state index in [4.69, 9.17) is 0 Å². The second kappa shape index (κ2) is 8.60. The van der Waals surface area contributed by atoms with Crippen LogP contribution in [0.5, 0.6) is 0 Å². The van der Waals surface area contributed by atoms with Crippen molar-refractivity contribution in [2.75, 3.05) is 13.1 Å². The highest BCUT2D eigenvalue weighted by atomic mass is 32.2. The van der Waals surface area contributed by atoms with E-state index in [0.717, 1.165) is 18.4 Å². The Morgan fingerprint density at radius 2 is 2.00 bits per heavy atom. The molecule has 0 bridgehead atoms. The number of carbonyl (C=O) groups excluding carboxylic acids is 1. The molecule has 0 radical (unpaired) electrons. The van der Waals surface area contributed by atoms with Crippen LogP contribution in [0.2, 0.25) is 0 Å². The second-order valence-electron chi connectivity index (χ2n) is 7.89. The number of aromatic amines is 1. The maximum absolute atomic E-state index is 13.1. The average Bonchev–Trinajstić information content (AvgIpc) is 2.77. The molecule has 0 aliphatic carbocycles. The number of carbonyl (C=O) groups is 1. The molecule has 1 amide bonds. The molecule has 1 saturated heterocycles. The van der Waals surface area contributed by atoms with Crippen LogP contribution in [0.15, 0.2) is 58.5 Å². The molecule has 8 nitrogen and oxygen atoms in total. The number of benzene rings is 1. The van der Waals surface area contributed by atoms with E-state index in [2.05, 4.69) is 22.2 Å². The van der Waals surface area contributed by atoms with Gasteiger partial charge in [0.1, 0.15) is 0 Å². The third kappa shape index (κ3) is 4.52. The molecule has 1 aromatic carbocycles. The van der Waals surface area contributed by atoms with E-state index >= 15 is 0 Å². The number of nitrogens with zero attached hydrogens (tertiary/aromatic N) is 2. The number of amides is 1. The fraction of sp³-hybridized carbons (Fsp3) is 0.318. The van der Waals surface area contributed by atoms with Gasteiger partial charge < -0.3 is 10.3 Å². The summed E-state index contributed by atoms with van der Waals surface area (Å²) in [7, 11) is -3.68. The van der Waals surface area contributed by atoms with E-state index in [0.29, 0.717) is 29.9 Å². The molecule has 9 heteroatoms. The molecule has 0 atom stereocenters. The van der Waals surface area contributed by atoms with Crippen molar-refractivity contribution >= 4 is 26.8 Å². The molecule has 3 heterocycles. The Morgan fingerprint density at radius 1 is 1.23 bits per heavy atom. The molecular weight excluding hydrogens is 416 g/mol. The Labute approximate surface area is 180 Å². The minimum absolute atomic E-state index is 0.114. The van der Waals surface area contributed by atoms with Crippen molar-refractivity contribution in [3.05, 3.63) is 70.3 Å². The third-order valence-electron chi connectivity index (χ3n) is 5.62. The summed E-state index contributed by atoms with van der Waals surface area (Å²) >= 11 is 0. The lowest BCUT2D eigenvalue weighted by Crippen LogP contribution is -2.37. The molecule has 4 rings (SSSR count). The fourth-order valence-corrected chi connectivity index (χ4v) is 5.23. The minimum Gasteiger partial charge on any atom is -0.348 e. The van der Waals surface area contributed by atoms with E-state index in [1.54, 1.807) is 18.5 Å². The molecule has 2 aromatic heterocycles. The Bertz CT molecular complexity index is 1260. The number of hydrogen-bond donors (Lipinski definition) is 2. The van der Waals surface area contributed by atoms with Crippen LogP contribution in [-0.4, -0.2) is 41.7 Å². The van der Waals surface area contributed by atoms with E-state index in [9.17, 15) is 18.0 Å².